The van der Waals surface area contributed by atoms with Gasteiger partial charge in [-0.2, -0.15) is 0 Å². The molecule has 262 valence electrons. The van der Waals surface area contributed by atoms with E-state index in [2.05, 4.69) is 37.7 Å². The molecule has 0 aliphatic carbocycles. The van der Waals surface area contributed by atoms with Gasteiger partial charge in [0.2, 0.25) is 0 Å². The second-order valence-corrected chi connectivity index (χ2v) is 13.5. The molecule has 0 amide bonds. The van der Waals surface area contributed by atoms with Crippen LogP contribution >= 0.6 is 11.6 Å². The third-order valence-electron chi connectivity index (χ3n) is 8.02. The van der Waals surface area contributed by atoms with Gasteiger partial charge in [0.1, 0.15) is 18.3 Å². The van der Waals surface area contributed by atoms with Gasteiger partial charge < -0.3 is 14.6 Å². The fraction of sp³-hybridized carbons (Fsp3) is 0.500. The van der Waals surface area contributed by atoms with E-state index in [0.29, 0.717) is 28.7 Å². The predicted octanol–water partition coefficient (Wildman–Crippen LogP) is 2.52. The number of aromatic nitrogens is 4. The van der Waals surface area contributed by atoms with Crippen molar-refractivity contribution in [3.05, 3.63) is 79.9 Å². The predicted molar refractivity (Wildman–Crippen MR) is 186 cm³/mol. The number of fused-ring (bicyclic) bond motifs is 4. The molecule has 0 radical (unpaired) electrons. The van der Waals surface area contributed by atoms with Gasteiger partial charge in [0, 0.05) is 44.7 Å². The van der Waals surface area contributed by atoms with Gasteiger partial charge in [-0.3, -0.25) is 27.9 Å². The normalized spacial score (nSPS) is 15.0. The van der Waals surface area contributed by atoms with Gasteiger partial charge in [-0.05, 0) is 66.0 Å². The maximum Gasteiger partial charge on any atom is 1.00 e. The number of alkyl halides is 2. The zero-order valence-electron chi connectivity index (χ0n) is 29.8. The van der Waals surface area contributed by atoms with Crippen LogP contribution in [-0.4, -0.2) is 38.2 Å². The molecule has 2 aliphatic rings. The molecule has 0 fully saturated rings. The number of carboxylic acid groups (broad SMARTS) is 1. The van der Waals surface area contributed by atoms with Crippen LogP contribution < -0.4 is 45.8 Å². The molecule has 49 heavy (non-hydrogen) atoms. The standard InChI is InChI=1S/C17H20N2O3.C15H17ClN2O.C2H4O2.CH3F.CH4.Na/c1-11(20)22-9-12-4-5-13-14(8-12)18-15-6-7-17(2,3)10-19(15)16(13)21;1-15(2)6-5-13-17-12-7-10(8-16)3-4-11(12)14(19)18(13)9-15;1-2(3)4;1-2;;/h4-5,8H,6-7,9-10H2,1-3H3;3-4,7H,5-6,8-9H2,1-2H3;1H3,(H,3,4);1H3;1H4;/q;;;;;+1/p-1/i;;;1D;;. The van der Waals surface area contributed by atoms with E-state index < -0.39 is 13.1 Å². The van der Waals surface area contributed by atoms with Crippen LogP contribution in [0.3, 0.4) is 0 Å². The second-order valence-electron chi connectivity index (χ2n) is 13.3. The van der Waals surface area contributed by atoms with Crippen molar-refractivity contribution in [3.8, 4) is 0 Å². The summed E-state index contributed by atoms with van der Waals surface area (Å²) in [4.78, 5) is 54.3. The molecule has 0 N–H and O–H groups in total. The van der Waals surface area contributed by atoms with Crippen molar-refractivity contribution in [2.45, 2.75) is 100 Å². The van der Waals surface area contributed by atoms with E-state index in [1.165, 1.54) is 6.92 Å². The Morgan fingerprint density at radius 1 is 0.898 bits per heavy atom. The van der Waals surface area contributed by atoms with Gasteiger partial charge in [0.05, 0.1) is 30.3 Å². The summed E-state index contributed by atoms with van der Waals surface area (Å²) >= 11 is 5.84. The van der Waals surface area contributed by atoms with Gasteiger partial charge in [0.15, 0.2) is 0 Å². The number of esters is 1. The minimum Gasteiger partial charge on any atom is -0.550 e. The molecular weight excluding hydrogens is 662 g/mol. The van der Waals surface area contributed by atoms with Crippen molar-refractivity contribution in [3.63, 3.8) is 0 Å². The average molecular weight is 710 g/mol. The number of aliphatic carboxylic acids is 1. The van der Waals surface area contributed by atoms with Gasteiger partial charge in [0.25, 0.3) is 11.1 Å². The Morgan fingerprint density at radius 3 is 1.67 bits per heavy atom. The van der Waals surface area contributed by atoms with Gasteiger partial charge >= 0.3 is 35.5 Å². The number of carbonyl (C=O) groups is 2. The van der Waals surface area contributed by atoms with E-state index in [-0.39, 0.29) is 71.5 Å². The molecule has 13 heteroatoms. The summed E-state index contributed by atoms with van der Waals surface area (Å²) in [6.45, 7) is 12.8. The van der Waals surface area contributed by atoms with Crippen LogP contribution in [0.25, 0.3) is 21.8 Å². The Bertz CT molecular complexity index is 1910. The molecule has 0 saturated carbocycles. The second kappa shape index (κ2) is 18.8. The minimum absolute atomic E-state index is 0. The summed E-state index contributed by atoms with van der Waals surface area (Å²) in [6.07, 6.45) is 3.77. The molecule has 2 aromatic carbocycles. The summed E-state index contributed by atoms with van der Waals surface area (Å²) in [6, 6.07) is 11.1. The summed E-state index contributed by atoms with van der Waals surface area (Å²) in [5, 5.41) is 10.2. The van der Waals surface area contributed by atoms with Crippen LogP contribution in [0.5, 0.6) is 0 Å². The molecule has 6 rings (SSSR count). The summed E-state index contributed by atoms with van der Waals surface area (Å²) in [7, 11) is -1.00. The molecule has 0 atom stereocenters. The largest absolute Gasteiger partial charge is 1.00 e. The zero-order chi connectivity index (χ0) is 35.8. The van der Waals surface area contributed by atoms with E-state index in [1.807, 2.05) is 34.9 Å². The number of rotatable bonds is 3. The minimum atomic E-state index is -1.08. The van der Waals surface area contributed by atoms with Crippen LogP contribution in [-0.2, 0) is 52.7 Å². The van der Waals surface area contributed by atoms with Gasteiger partial charge in [-0.15, -0.1) is 11.6 Å². The molecule has 4 heterocycles. The number of hydrogen-bond donors (Lipinski definition) is 0. The number of halogens is 2. The number of ether oxygens (including phenoxy) is 1. The van der Waals surface area contributed by atoms with Crippen molar-refractivity contribution < 1.29 is 54.8 Å². The topological polar surface area (TPSA) is 136 Å². The van der Waals surface area contributed by atoms with E-state index in [0.717, 1.165) is 67.4 Å². The molecule has 0 unspecified atom stereocenters. The van der Waals surface area contributed by atoms with Crippen molar-refractivity contribution in [2.75, 3.05) is 7.15 Å². The molecule has 4 aromatic rings. The number of hydrogen-bond acceptors (Lipinski definition) is 8. The van der Waals surface area contributed by atoms with Crippen LogP contribution in [0.15, 0.2) is 46.0 Å². The molecule has 10 nitrogen and oxygen atoms in total. The maximum absolute atomic E-state index is 12.7. The zero-order valence-corrected chi connectivity index (χ0v) is 31.6. The fourth-order valence-corrected chi connectivity index (χ4v) is 5.77. The number of aryl methyl sites for hydroxylation is 2. The molecule has 0 saturated heterocycles. The van der Waals surface area contributed by atoms with Crippen LogP contribution in [0.4, 0.5) is 4.39 Å². The summed E-state index contributed by atoms with van der Waals surface area (Å²) < 4.78 is 24.1. The van der Waals surface area contributed by atoms with Crippen LogP contribution in [0, 0.1) is 10.8 Å². The summed E-state index contributed by atoms with van der Waals surface area (Å²) in [5.74, 6) is 0.800. The SMILES string of the molecule is C.CC(=O)OCc1ccc2c(=O)n3c(nc2c1)CCC(C)(C)C3.CC(=O)[O-].CC1(C)CCc2nc3cc(CCl)ccc3c(=O)n2C1.[2H]CF.[Na+]. The van der Waals surface area contributed by atoms with Crippen LogP contribution in [0.1, 0.15) is 86.0 Å². The summed E-state index contributed by atoms with van der Waals surface area (Å²) in [5.41, 5.74) is 3.69. The van der Waals surface area contributed by atoms with Gasteiger partial charge in [-0.25, -0.2) is 9.97 Å². The molecule has 2 aliphatic heterocycles. The number of benzene rings is 2. The van der Waals surface area contributed by atoms with Gasteiger partial charge in [-0.1, -0.05) is 47.3 Å². The first-order chi connectivity index (χ1) is 22.5. The Balaban J connectivity index is 0.000000411. The average Bonchev–Trinajstić information content (AvgIpc) is 3.01. The molecule has 0 spiro atoms. The van der Waals surface area contributed by atoms with Crippen molar-refractivity contribution >= 4 is 45.3 Å². The molecule has 2 aromatic heterocycles. The smallest absolute Gasteiger partial charge is 0.550 e. The van der Waals surface area contributed by atoms with Crippen LogP contribution in [0.2, 0.25) is 0 Å². The third-order valence-corrected chi connectivity index (χ3v) is 8.33. The Morgan fingerprint density at radius 2 is 1.29 bits per heavy atom. The Labute approximate surface area is 315 Å². The van der Waals surface area contributed by atoms with E-state index in [1.54, 1.807) is 10.6 Å². The molecule has 0 bridgehead atoms. The van der Waals surface area contributed by atoms with Crippen molar-refractivity contribution in [2.24, 2.45) is 10.8 Å². The first-order valence-electron chi connectivity index (χ1n) is 16.0. The molecular formula is C36H47ClFN4NaO6. The number of carbonyl (C=O) groups excluding carboxylic acids is 2. The first kappa shape index (κ1) is 42.0. The van der Waals surface area contributed by atoms with E-state index in [9.17, 15) is 18.8 Å². The number of nitrogens with zero attached hydrogens (tertiary/aromatic N) is 4. The quantitative estimate of drug-likeness (QED) is 0.180. The monoisotopic (exact) mass is 709 g/mol. The fourth-order valence-electron chi connectivity index (χ4n) is 5.61. The van der Waals surface area contributed by atoms with E-state index >= 15 is 0 Å². The Hall–Kier alpha value is -3.12. The van der Waals surface area contributed by atoms with Crippen molar-refractivity contribution in [1.82, 2.24) is 19.1 Å². The Kier molecular flexibility index (Phi) is 16.1. The van der Waals surface area contributed by atoms with E-state index in [4.69, 9.17) is 27.6 Å². The number of carboxylic acids is 1. The van der Waals surface area contributed by atoms with Crippen molar-refractivity contribution in [1.29, 1.82) is 0 Å². The maximum atomic E-state index is 12.7. The third kappa shape index (κ3) is 11.7. The first-order valence-corrected chi connectivity index (χ1v) is 15.8.